The first-order valence-corrected chi connectivity index (χ1v) is 24.5. The van der Waals surface area contributed by atoms with Crippen molar-refractivity contribution in [3.8, 4) is 79.1 Å². The summed E-state index contributed by atoms with van der Waals surface area (Å²) in [6.45, 7) is 8.22. The molecule has 0 saturated carbocycles. The molecule has 12 rings (SSSR count). The Balaban J connectivity index is 1.24. The number of nitriles is 2. The maximum absolute atomic E-state index is 14.9. The van der Waals surface area contributed by atoms with Gasteiger partial charge in [0.1, 0.15) is 11.6 Å². The lowest BCUT2D eigenvalue weighted by molar-refractivity contribution is -0.137. The number of aryl methyl sites for hydroxylation is 4. The third kappa shape index (κ3) is 7.96. The molecule has 74 heavy (non-hydrogen) atoms. The van der Waals surface area contributed by atoms with Crippen molar-refractivity contribution in [3.05, 3.63) is 239 Å². The molecule has 7 heteroatoms. The quantitative estimate of drug-likeness (QED) is 0.160. The van der Waals surface area contributed by atoms with Gasteiger partial charge in [-0.3, -0.25) is 0 Å². The molecule has 10 aromatic carbocycles. The Morgan fingerprint density at radius 1 is 0.324 bits per heavy atom. The van der Waals surface area contributed by atoms with Gasteiger partial charge in [-0.25, -0.2) is 0 Å². The van der Waals surface area contributed by atoms with Gasteiger partial charge in [-0.1, -0.05) is 168 Å². The topological polar surface area (TPSA) is 57.4 Å². The second kappa shape index (κ2) is 17.7. The van der Waals surface area contributed by atoms with Gasteiger partial charge in [0.15, 0.2) is 0 Å². The molecule has 0 amide bonds. The molecule has 0 aliphatic rings. The van der Waals surface area contributed by atoms with E-state index in [9.17, 15) is 23.7 Å². The van der Waals surface area contributed by atoms with Crippen LogP contribution < -0.4 is 0 Å². The number of hydrogen-bond acceptors (Lipinski definition) is 2. The molecule has 2 aromatic heterocycles. The van der Waals surface area contributed by atoms with Crippen LogP contribution in [-0.4, -0.2) is 9.13 Å². The van der Waals surface area contributed by atoms with Gasteiger partial charge in [-0.2, -0.15) is 23.7 Å². The molecular weight excluding hydrogens is 918 g/mol. The van der Waals surface area contributed by atoms with Crippen molar-refractivity contribution in [1.29, 1.82) is 10.5 Å². The Labute approximate surface area is 426 Å². The first-order valence-electron chi connectivity index (χ1n) is 24.5. The van der Waals surface area contributed by atoms with Crippen molar-refractivity contribution >= 4 is 43.6 Å². The van der Waals surface area contributed by atoms with E-state index in [1.807, 2.05) is 18.2 Å². The molecule has 0 spiro atoms. The van der Waals surface area contributed by atoms with Gasteiger partial charge in [-0.05, 0) is 138 Å². The molecule has 0 N–H and O–H groups in total. The van der Waals surface area contributed by atoms with E-state index in [1.54, 1.807) is 0 Å². The summed E-state index contributed by atoms with van der Waals surface area (Å²) in [6, 6.07) is 70.6. The lowest BCUT2D eigenvalue weighted by atomic mass is 9.96. The van der Waals surface area contributed by atoms with E-state index in [0.29, 0.717) is 22.5 Å². The van der Waals surface area contributed by atoms with E-state index in [2.05, 4.69) is 213 Å². The number of hydrogen-bond donors (Lipinski definition) is 0. The number of aromatic nitrogens is 2. The molecule has 2 heterocycles. The van der Waals surface area contributed by atoms with Crippen LogP contribution in [0.2, 0.25) is 0 Å². The van der Waals surface area contributed by atoms with Crippen LogP contribution in [0.3, 0.4) is 0 Å². The van der Waals surface area contributed by atoms with Crippen molar-refractivity contribution in [3.63, 3.8) is 0 Å². The highest BCUT2D eigenvalue weighted by molar-refractivity contribution is 6.13. The molecule has 0 bridgehead atoms. The summed E-state index contributed by atoms with van der Waals surface area (Å²) in [7, 11) is 0. The molecule has 354 valence electrons. The second-order valence-electron chi connectivity index (χ2n) is 19.5. The Hall–Kier alpha value is -9.43. The first kappa shape index (κ1) is 45.7. The minimum atomic E-state index is -4.74. The first-order chi connectivity index (χ1) is 35.8. The molecule has 0 aliphatic heterocycles. The van der Waals surface area contributed by atoms with Crippen LogP contribution in [0.1, 0.15) is 38.9 Å². The van der Waals surface area contributed by atoms with Crippen molar-refractivity contribution in [2.24, 2.45) is 0 Å². The molecule has 0 aliphatic carbocycles. The number of halogens is 3. The Morgan fingerprint density at radius 3 is 0.905 bits per heavy atom. The largest absolute Gasteiger partial charge is 0.416 e. The van der Waals surface area contributed by atoms with E-state index < -0.39 is 11.7 Å². The minimum Gasteiger partial charge on any atom is -0.308 e. The average molecular weight is 963 g/mol. The maximum Gasteiger partial charge on any atom is 0.416 e. The fraction of sp³-hybridized carbons (Fsp3) is 0.0746. The van der Waals surface area contributed by atoms with Crippen molar-refractivity contribution in [2.75, 3.05) is 0 Å². The number of benzene rings is 10. The van der Waals surface area contributed by atoms with E-state index >= 15 is 0 Å². The van der Waals surface area contributed by atoms with E-state index in [4.69, 9.17) is 0 Å². The van der Waals surface area contributed by atoms with Crippen LogP contribution in [0.4, 0.5) is 13.2 Å². The van der Waals surface area contributed by atoms with E-state index in [0.717, 1.165) is 123 Å². The number of nitrogens with zero attached hydrogens (tertiary/aromatic N) is 4. The summed E-state index contributed by atoms with van der Waals surface area (Å²) >= 11 is 0. The van der Waals surface area contributed by atoms with Crippen LogP contribution in [0, 0.1) is 50.4 Å². The Bertz CT molecular complexity index is 3870. The van der Waals surface area contributed by atoms with Crippen LogP contribution >= 0.6 is 0 Å². The second-order valence-corrected chi connectivity index (χ2v) is 19.5. The maximum atomic E-state index is 14.9. The fourth-order valence-electron chi connectivity index (χ4n) is 10.5. The molecule has 4 nitrogen and oxygen atoms in total. The fourth-order valence-corrected chi connectivity index (χ4v) is 10.5. The van der Waals surface area contributed by atoms with Gasteiger partial charge in [0, 0.05) is 21.5 Å². The standard InChI is InChI=1S/C67H45F3N4/c1-40-5-13-45(14-6-40)49-21-25-56-57-26-22-50(46-15-7-41(2)8-16-46)33-62(57)73(61(56)32-49)65-36-54(53-29-44(38-71)30-55(31-53)67(68,69)70)37-66(60(65)39-72)74-63-34-51(47-17-9-42(3)10-18-47)23-27-58(63)59-28-24-52(35-64(59)74)48-19-11-43(4)12-20-48/h5-37H,1-4H3. The number of fused-ring (bicyclic) bond motifs is 6. The highest BCUT2D eigenvalue weighted by Gasteiger charge is 2.32. The zero-order chi connectivity index (χ0) is 51.0. The number of rotatable bonds is 7. The molecule has 0 fully saturated rings. The molecule has 0 radical (unpaired) electrons. The number of alkyl halides is 3. The summed E-state index contributed by atoms with van der Waals surface area (Å²) in [6.07, 6.45) is -4.74. The van der Waals surface area contributed by atoms with E-state index in [1.165, 1.54) is 6.07 Å². The average Bonchev–Trinajstić information content (AvgIpc) is 3.92. The molecule has 12 aromatic rings. The van der Waals surface area contributed by atoms with Gasteiger partial charge < -0.3 is 9.13 Å². The van der Waals surface area contributed by atoms with Crippen LogP contribution in [0.5, 0.6) is 0 Å². The van der Waals surface area contributed by atoms with Crippen LogP contribution in [0.25, 0.3) is 111 Å². The van der Waals surface area contributed by atoms with Crippen molar-refractivity contribution in [1.82, 2.24) is 9.13 Å². The van der Waals surface area contributed by atoms with Crippen LogP contribution in [0.15, 0.2) is 200 Å². The monoisotopic (exact) mass is 962 g/mol. The zero-order valence-electron chi connectivity index (χ0n) is 41.0. The minimum absolute atomic E-state index is 0.132. The van der Waals surface area contributed by atoms with E-state index in [-0.39, 0.29) is 11.1 Å². The summed E-state index contributed by atoms with van der Waals surface area (Å²) in [5, 5.41) is 25.9. The van der Waals surface area contributed by atoms with Crippen molar-refractivity contribution in [2.45, 2.75) is 33.9 Å². The predicted molar refractivity (Wildman–Crippen MR) is 296 cm³/mol. The van der Waals surface area contributed by atoms with Crippen LogP contribution in [-0.2, 0) is 6.18 Å². The molecule has 0 unspecified atom stereocenters. The summed E-state index contributed by atoms with van der Waals surface area (Å²) < 4.78 is 48.8. The third-order valence-corrected chi connectivity index (χ3v) is 14.5. The highest BCUT2D eigenvalue weighted by Crippen LogP contribution is 2.44. The molecule has 0 atom stereocenters. The van der Waals surface area contributed by atoms with Gasteiger partial charge in [0.25, 0.3) is 0 Å². The van der Waals surface area contributed by atoms with Gasteiger partial charge >= 0.3 is 6.18 Å². The SMILES string of the molecule is Cc1ccc(-c2ccc3c4ccc(-c5ccc(C)cc5)cc4n(-c4cc(-c5cc(C#N)cc(C(F)(F)F)c5)cc(-n5c6cc(-c7ccc(C)cc7)ccc6c6ccc(-c7ccc(C)cc7)cc65)c4C#N)c3c2)cc1. The summed E-state index contributed by atoms with van der Waals surface area (Å²) in [4.78, 5) is 0. The lowest BCUT2D eigenvalue weighted by Crippen LogP contribution is -2.07. The third-order valence-electron chi connectivity index (χ3n) is 14.5. The zero-order valence-corrected chi connectivity index (χ0v) is 41.0. The Kier molecular flexibility index (Phi) is 10.9. The van der Waals surface area contributed by atoms with Gasteiger partial charge in [0.05, 0.1) is 50.6 Å². The predicted octanol–water partition coefficient (Wildman–Crippen LogP) is 18.2. The smallest absolute Gasteiger partial charge is 0.308 e. The van der Waals surface area contributed by atoms with Gasteiger partial charge in [0.2, 0.25) is 0 Å². The lowest BCUT2D eigenvalue weighted by Gasteiger charge is -2.20. The summed E-state index contributed by atoms with van der Waals surface area (Å²) in [5.74, 6) is 0. The summed E-state index contributed by atoms with van der Waals surface area (Å²) in [5.41, 5.74) is 16.4. The molecular formula is C67H45F3N4. The Morgan fingerprint density at radius 2 is 0.622 bits per heavy atom. The van der Waals surface area contributed by atoms with Gasteiger partial charge in [-0.15, -0.1) is 0 Å². The molecule has 0 saturated heterocycles. The highest BCUT2D eigenvalue weighted by atomic mass is 19.4. The van der Waals surface area contributed by atoms with Crippen molar-refractivity contribution < 1.29 is 13.2 Å². The normalized spacial score (nSPS) is 11.7.